The summed E-state index contributed by atoms with van der Waals surface area (Å²) >= 11 is 0. The van der Waals surface area contributed by atoms with Gasteiger partial charge in [0.2, 0.25) is 0 Å². The highest BCUT2D eigenvalue weighted by atomic mass is 16.6. The molecule has 0 saturated heterocycles. The zero-order chi connectivity index (χ0) is 21.1. The number of hydrogen-bond donors (Lipinski definition) is 0. The molecule has 1 aliphatic rings. The van der Waals surface area contributed by atoms with Gasteiger partial charge in [0.05, 0.1) is 25.7 Å². The highest BCUT2D eigenvalue weighted by molar-refractivity contribution is 5.77. The first-order valence-corrected chi connectivity index (χ1v) is 9.85. The first-order valence-electron chi connectivity index (χ1n) is 9.85. The van der Waals surface area contributed by atoms with E-state index in [1.165, 1.54) is 0 Å². The maximum Gasteiger partial charge on any atom is 0.339 e. The molecule has 2 rings (SSSR count). The van der Waals surface area contributed by atoms with Gasteiger partial charge in [-0.1, -0.05) is 62.4 Å². The van der Waals surface area contributed by atoms with E-state index in [2.05, 4.69) is 0 Å². The number of esters is 2. The summed E-state index contributed by atoms with van der Waals surface area (Å²) in [6.07, 6.45) is 6.09. The van der Waals surface area contributed by atoms with Crippen molar-refractivity contribution in [3.05, 3.63) is 60.2 Å². The summed E-state index contributed by atoms with van der Waals surface area (Å²) in [6.45, 7) is 4.48. The normalized spacial score (nSPS) is 26.9. The molecule has 1 aromatic rings. The van der Waals surface area contributed by atoms with Crippen LogP contribution in [0.25, 0.3) is 0 Å². The van der Waals surface area contributed by atoms with Crippen molar-refractivity contribution in [1.29, 1.82) is 0 Å². The summed E-state index contributed by atoms with van der Waals surface area (Å²) in [7, 11) is 1.57. The Balaban J connectivity index is 2.14. The number of carbonyl (C=O) groups excluding carboxylic acids is 2. The summed E-state index contributed by atoms with van der Waals surface area (Å²) in [5, 5.41) is 0. The first kappa shape index (κ1) is 22.8. The van der Waals surface area contributed by atoms with Crippen molar-refractivity contribution in [1.82, 2.24) is 0 Å². The quantitative estimate of drug-likeness (QED) is 0.567. The van der Waals surface area contributed by atoms with E-state index >= 15 is 0 Å². The molecule has 0 unspecified atom stereocenters. The minimum atomic E-state index is -0.834. The molecule has 6 nitrogen and oxygen atoms in total. The van der Waals surface area contributed by atoms with Gasteiger partial charge >= 0.3 is 11.9 Å². The fourth-order valence-corrected chi connectivity index (χ4v) is 2.78. The van der Waals surface area contributed by atoms with Crippen LogP contribution in [0.3, 0.4) is 0 Å². The average molecular weight is 402 g/mol. The Morgan fingerprint density at radius 3 is 2.48 bits per heavy atom. The summed E-state index contributed by atoms with van der Waals surface area (Å²) < 4.78 is 22.0. The highest BCUT2D eigenvalue weighted by Gasteiger charge is 2.22. The van der Waals surface area contributed by atoms with Crippen LogP contribution in [0.5, 0.6) is 0 Å². The van der Waals surface area contributed by atoms with Crippen LogP contribution in [0.4, 0.5) is 0 Å². The van der Waals surface area contributed by atoms with Gasteiger partial charge in [0, 0.05) is 18.9 Å². The lowest BCUT2D eigenvalue weighted by molar-refractivity contribution is -0.155. The SMILES string of the molecule is CO[C@H]1COC(=O)CC=C[C@@H](C)COC(=O)[C@@H](OCc2ccccc2)C=C[C@@H]1C. The van der Waals surface area contributed by atoms with Gasteiger partial charge in [-0.05, 0) is 11.6 Å². The lowest BCUT2D eigenvalue weighted by Crippen LogP contribution is -2.28. The van der Waals surface area contributed by atoms with Gasteiger partial charge in [-0.2, -0.15) is 0 Å². The molecular weight excluding hydrogens is 372 g/mol. The third-order valence-corrected chi connectivity index (χ3v) is 4.63. The van der Waals surface area contributed by atoms with Gasteiger partial charge in [-0.15, -0.1) is 0 Å². The topological polar surface area (TPSA) is 71.1 Å². The molecule has 1 heterocycles. The number of cyclic esters (lactones) is 2. The molecule has 0 radical (unpaired) electrons. The maximum atomic E-state index is 12.6. The monoisotopic (exact) mass is 402 g/mol. The maximum absolute atomic E-state index is 12.6. The molecule has 158 valence electrons. The zero-order valence-corrected chi connectivity index (χ0v) is 17.3. The fraction of sp³-hybridized carbons (Fsp3) is 0.478. The number of rotatable bonds is 4. The third kappa shape index (κ3) is 8.21. The van der Waals surface area contributed by atoms with Crippen molar-refractivity contribution >= 4 is 11.9 Å². The second-order valence-corrected chi connectivity index (χ2v) is 7.16. The Morgan fingerprint density at radius 2 is 1.76 bits per heavy atom. The van der Waals surface area contributed by atoms with Crippen LogP contribution in [-0.2, 0) is 35.1 Å². The van der Waals surface area contributed by atoms with Gasteiger partial charge in [-0.25, -0.2) is 4.79 Å². The Kier molecular flexibility index (Phi) is 9.60. The van der Waals surface area contributed by atoms with E-state index in [1.54, 1.807) is 19.3 Å². The molecule has 0 aromatic heterocycles. The third-order valence-electron chi connectivity index (χ3n) is 4.63. The highest BCUT2D eigenvalue weighted by Crippen LogP contribution is 2.14. The van der Waals surface area contributed by atoms with Gasteiger partial charge in [0.25, 0.3) is 0 Å². The Bertz CT molecular complexity index is 697. The largest absolute Gasteiger partial charge is 0.463 e. The average Bonchev–Trinajstić information content (AvgIpc) is 2.72. The number of hydrogen-bond acceptors (Lipinski definition) is 6. The van der Waals surface area contributed by atoms with E-state index in [1.807, 2.05) is 56.3 Å². The molecule has 0 amide bonds. The molecule has 0 spiro atoms. The molecule has 4 atom stereocenters. The van der Waals surface area contributed by atoms with Gasteiger partial charge < -0.3 is 18.9 Å². The van der Waals surface area contributed by atoms with Crippen molar-refractivity contribution in [2.24, 2.45) is 11.8 Å². The van der Waals surface area contributed by atoms with Crippen molar-refractivity contribution < 1.29 is 28.5 Å². The molecule has 1 aliphatic heterocycles. The second-order valence-electron chi connectivity index (χ2n) is 7.16. The van der Waals surface area contributed by atoms with E-state index in [9.17, 15) is 9.59 Å². The summed E-state index contributed by atoms with van der Waals surface area (Å²) in [5.74, 6) is -0.882. The molecule has 0 bridgehead atoms. The molecule has 0 aliphatic carbocycles. The van der Waals surface area contributed by atoms with Crippen molar-refractivity contribution in [2.75, 3.05) is 20.3 Å². The summed E-state index contributed by atoms with van der Waals surface area (Å²) in [4.78, 5) is 24.5. The lowest BCUT2D eigenvalue weighted by Gasteiger charge is -2.20. The van der Waals surface area contributed by atoms with E-state index in [0.29, 0.717) is 6.61 Å². The van der Waals surface area contributed by atoms with Crippen molar-refractivity contribution in [2.45, 2.75) is 39.1 Å². The van der Waals surface area contributed by atoms with Crippen LogP contribution in [-0.4, -0.2) is 44.5 Å². The van der Waals surface area contributed by atoms with E-state index in [-0.39, 0.29) is 43.5 Å². The molecule has 6 heteroatoms. The minimum absolute atomic E-state index is 0.0266. The van der Waals surface area contributed by atoms with Crippen LogP contribution in [0.2, 0.25) is 0 Å². The Morgan fingerprint density at radius 1 is 1.00 bits per heavy atom. The number of ether oxygens (including phenoxy) is 4. The smallest absolute Gasteiger partial charge is 0.339 e. The van der Waals surface area contributed by atoms with E-state index < -0.39 is 12.1 Å². The van der Waals surface area contributed by atoms with Gasteiger partial charge in [-0.3, -0.25) is 4.79 Å². The Labute approximate surface area is 172 Å². The lowest BCUT2D eigenvalue weighted by atomic mass is 10.0. The molecule has 0 N–H and O–H groups in total. The summed E-state index contributed by atoms with van der Waals surface area (Å²) in [5.41, 5.74) is 0.968. The number of carbonyl (C=O) groups is 2. The van der Waals surface area contributed by atoms with Crippen LogP contribution in [0, 0.1) is 11.8 Å². The second kappa shape index (κ2) is 12.2. The van der Waals surface area contributed by atoms with Gasteiger partial charge in [0.15, 0.2) is 6.10 Å². The van der Waals surface area contributed by atoms with Gasteiger partial charge in [0.1, 0.15) is 6.61 Å². The van der Waals surface area contributed by atoms with Crippen LogP contribution in [0.15, 0.2) is 54.6 Å². The minimum Gasteiger partial charge on any atom is -0.463 e. The van der Waals surface area contributed by atoms with Crippen molar-refractivity contribution in [3.8, 4) is 0 Å². The predicted octanol–water partition coefficient (Wildman–Crippen LogP) is 3.46. The van der Waals surface area contributed by atoms with Crippen LogP contribution in [0.1, 0.15) is 25.8 Å². The number of methoxy groups -OCH3 is 1. The van der Waals surface area contributed by atoms with Crippen LogP contribution >= 0.6 is 0 Å². The van der Waals surface area contributed by atoms with E-state index in [0.717, 1.165) is 5.56 Å². The molecule has 1 aromatic carbocycles. The number of benzene rings is 1. The fourth-order valence-electron chi connectivity index (χ4n) is 2.78. The molecular formula is C23H30O6. The first-order chi connectivity index (χ1) is 14.0. The molecule has 0 fully saturated rings. The Hall–Kier alpha value is -2.44. The molecule has 29 heavy (non-hydrogen) atoms. The predicted molar refractivity (Wildman–Crippen MR) is 109 cm³/mol. The van der Waals surface area contributed by atoms with Crippen LogP contribution < -0.4 is 0 Å². The zero-order valence-electron chi connectivity index (χ0n) is 17.3. The van der Waals surface area contributed by atoms with E-state index in [4.69, 9.17) is 18.9 Å². The van der Waals surface area contributed by atoms with Crippen molar-refractivity contribution in [3.63, 3.8) is 0 Å². The molecule has 0 saturated carbocycles. The standard InChI is InChI=1S/C23H30O6/c1-17-8-7-11-22(24)28-16-21(26-3)18(2)12-13-20(23(25)29-14-17)27-15-19-9-5-4-6-10-19/h4-10,12-13,17-18,20-21H,11,14-16H2,1-3H3/t17-,18+,20+,21+/m1/s1. The summed E-state index contributed by atoms with van der Waals surface area (Å²) in [6, 6.07) is 9.64.